The van der Waals surface area contributed by atoms with Crippen LogP contribution in [0.25, 0.3) is 5.70 Å². The first-order valence-electron chi connectivity index (χ1n) is 10.2. The van der Waals surface area contributed by atoms with Crippen molar-refractivity contribution in [2.24, 2.45) is 5.92 Å². The molecule has 2 heterocycles. The fourth-order valence-electron chi connectivity index (χ4n) is 3.97. The molecule has 0 spiro atoms. The Hall–Kier alpha value is -3.08. The van der Waals surface area contributed by atoms with Gasteiger partial charge in [0, 0.05) is 11.5 Å². The van der Waals surface area contributed by atoms with Crippen molar-refractivity contribution < 1.29 is 40.4 Å². The number of alkyl halides is 4. The summed E-state index contributed by atoms with van der Waals surface area (Å²) in [5.74, 6) is -5.96. The Kier molecular flexibility index (Phi) is 5.66. The average Bonchev–Trinajstić information content (AvgIpc) is 3.21. The lowest BCUT2D eigenvalue weighted by atomic mass is 9.86. The van der Waals surface area contributed by atoms with E-state index in [1.54, 1.807) is 13.8 Å². The molecule has 2 aromatic rings. The number of likely N-dealkylation sites (tertiary alicyclic amines) is 1. The quantitative estimate of drug-likeness (QED) is 0.481. The summed E-state index contributed by atoms with van der Waals surface area (Å²) in [6.45, 7) is 3.14. The Balaban J connectivity index is 1.62. The maximum atomic E-state index is 15.1. The van der Waals surface area contributed by atoms with Crippen LogP contribution in [-0.4, -0.2) is 30.1 Å². The minimum Gasteiger partial charge on any atom is -0.335 e. The number of hydrogen-bond acceptors (Lipinski definition) is 3. The van der Waals surface area contributed by atoms with Gasteiger partial charge in [0.05, 0.1) is 18.8 Å². The Morgan fingerprint density at radius 2 is 1.59 bits per heavy atom. The smallest absolute Gasteiger partial charge is 0.335 e. The topological polar surface area (TPSA) is 41.6 Å². The monoisotopic (exact) mass is 488 g/mol. The fourth-order valence-corrected chi connectivity index (χ4v) is 3.97. The molecule has 2 aromatic carbocycles. The standard InChI is InChI=1S/C23H19F7N2O2/c1-12(2)20(33)32-10-21(27,11-32)14-5-3-13(4-6-14)18-9-22(34-31-18,23(28,29)30)15-7-16(24)19(26)17(25)8-15/h3-9,12,31H,10-11H2,1-2H3. The van der Waals surface area contributed by atoms with Gasteiger partial charge in [0.25, 0.3) is 0 Å². The molecule has 2 aliphatic heterocycles. The van der Waals surface area contributed by atoms with E-state index in [1.165, 1.54) is 29.2 Å². The van der Waals surface area contributed by atoms with Crippen LogP contribution in [0.4, 0.5) is 30.7 Å². The van der Waals surface area contributed by atoms with Gasteiger partial charge in [-0.15, -0.1) is 0 Å². The number of hydroxylamine groups is 1. The summed E-state index contributed by atoms with van der Waals surface area (Å²) in [4.78, 5) is 18.1. The van der Waals surface area contributed by atoms with E-state index in [-0.39, 0.29) is 53.9 Å². The van der Waals surface area contributed by atoms with Crippen molar-refractivity contribution in [3.05, 3.63) is 76.6 Å². The van der Waals surface area contributed by atoms with Crippen molar-refractivity contribution in [2.75, 3.05) is 13.1 Å². The number of amides is 1. The van der Waals surface area contributed by atoms with Gasteiger partial charge in [-0.2, -0.15) is 13.2 Å². The molecule has 0 bridgehead atoms. The SMILES string of the molecule is CC(C)C(=O)N1CC(F)(c2ccc(C3=CC(c4cc(F)c(F)c(F)c4)(C(F)(F)F)ON3)cc2)C1. The normalized spacial score (nSPS) is 21.8. The van der Waals surface area contributed by atoms with Crippen molar-refractivity contribution in [1.82, 2.24) is 10.4 Å². The van der Waals surface area contributed by atoms with Gasteiger partial charge in [0.15, 0.2) is 23.1 Å². The van der Waals surface area contributed by atoms with E-state index in [4.69, 9.17) is 4.84 Å². The van der Waals surface area contributed by atoms with Crippen LogP contribution in [0.2, 0.25) is 0 Å². The summed E-state index contributed by atoms with van der Waals surface area (Å²) in [5.41, 5.74) is -3.74. The molecule has 0 saturated carbocycles. The minimum atomic E-state index is -5.17. The van der Waals surface area contributed by atoms with Crippen molar-refractivity contribution in [1.29, 1.82) is 0 Å². The maximum absolute atomic E-state index is 15.1. The fraction of sp³-hybridized carbons (Fsp3) is 0.348. The van der Waals surface area contributed by atoms with Crippen molar-refractivity contribution in [3.63, 3.8) is 0 Å². The molecule has 1 unspecified atom stereocenters. The van der Waals surface area contributed by atoms with E-state index in [1.807, 2.05) is 0 Å². The first kappa shape index (κ1) is 24.1. The summed E-state index contributed by atoms with van der Waals surface area (Å²) >= 11 is 0. The number of halogens is 7. The highest BCUT2D eigenvalue weighted by atomic mass is 19.4. The van der Waals surface area contributed by atoms with Gasteiger partial charge in [-0.3, -0.25) is 15.1 Å². The van der Waals surface area contributed by atoms with E-state index in [0.29, 0.717) is 6.08 Å². The zero-order valence-electron chi connectivity index (χ0n) is 17.9. The molecule has 182 valence electrons. The lowest BCUT2D eigenvalue weighted by molar-refractivity contribution is -0.269. The van der Waals surface area contributed by atoms with E-state index < -0.39 is 40.5 Å². The zero-order valence-corrected chi connectivity index (χ0v) is 17.9. The number of benzene rings is 2. The van der Waals surface area contributed by atoms with E-state index >= 15 is 4.39 Å². The Morgan fingerprint density at radius 3 is 2.09 bits per heavy atom. The Morgan fingerprint density at radius 1 is 1.03 bits per heavy atom. The molecule has 1 saturated heterocycles. The number of rotatable bonds is 4. The van der Waals surface area contributed by atoms with Crippen molar-refractivity contribution >= 4 is 11.6 Å². The molecule has 4 rings (SSSR count). The third-order valence-electron chi connectivity index (χ3n) is 5.91. The molecule has 11 heteroatoms. The second-order valence-electron chi connectivity index (χ2n) is 8.64. The van der Waals surface area contributed by atoms with Gasteiger partial charge in [0.2, 0.25) is 11.5 Å². The lowest BCUT2D eigenvalue weighted by Crippen LogP contribution is -2.59. The first-order valence-corrected chi connectivity index (χ1v) is 10.2. The van der Waals surface area contributed by atoms with Gasteiger partial charge >= 0.3 is 6.18 Å². The van der Waals surface area contributed by atoms with Gasteiger partial charge in [-0.25, -0.2) is 17.6 Å². The average molecular weight is 488 g/mol. The molecular formula is C23H19F7N2O2. The molecule has 1 N–H and O–H groups in total. The number of carbonyl (C=O) groups is 1. The van der Waals surface area contributed by atoms with Crippen LogP contribution in [-0.2, 0) is 20.9 Å². The van der Waals surface area contributed by atoms with Gasteiger partial charge in [-0.1, -0.05) is 38.1 Å². The largest absolute Gasteiger partial charge is 0.428 e. The molecule has 34 heavy (non-hydrogen) atoms. The molecule has 1 amide bonds. The molecule has 1 atom stereocenters. The van der Waals surface area contributed by atoms with E-state index in [9.17, 15) is 31.1 Å². The summed E-state index contributed by atoms with van der Waals surface area (Å²) in [6.07, 6.45) is -4.59. The molecule has 0 aliphatic carbocycles. The van der Waals surface area contributed by atoms with Crippen LogP contribution < -0.4 is 5.48 Å². The molecular weight excluding hydrogens is 469 g/mol. The lowest BCUT2D eigenvalue weighted by Gasteiger charge is -2.45. The highest BCUT2D eigenvalue weighted by Gasteiger charge is 2.60. The molecule has 2 aliphatic rings. The summed E-state index contributed by atoms with van der Waals surface area (Å²) in [7, 11) is 0. The minimum absolute atomic E-state index is 0.133. The van der Waals surface area contributed by atoms with Crippen LogP contribution in [0.15, 0.2) is 42.5 Å². The molecule has 1 fully saturated rings. The van der Waals surface area contributed by atoms with Crippen LogP contribution in [0.1, 0.15) is 30.5 Å². The molecule has 0 aromatic heterocycles. The predicted octanol–water partition coefficient (Wildman–Crippen LogP) is 5.10. The summed E-state index contributed by atoms with van der Waals surface area (Å²) in [6, 6.07) is 5.88. The highest BCUT2D eigenvalue weighted by molar-refractivity contribution is 5.79. The Labute approximate surface area is 189 Å². The Bertz CT molecular complexity index is 1130. The van der Waals surface area contributed by atoms with Crippen LogP contribution in [0.5, 0.6) is 0 Å². The first-order chi connectivity index (χ1) is 15.8. The van der Waals surface area contributed by atoms with Gasteiger partial charge in [-0.05, 0) is 29.3 Å². The number of nitrogens with one attached hydrogen (secondary N) is 1. The number of carbonyl (C=O) groups excluding carboxylic acids is 1. The number of nitrogens with zero attached hydrogens (tertiary/aromatic N) is 1. The summed E-state index contributed by atoms with van der Waals surface area (Å²) in [5, 5.41) is 0. The van der Waals surface area contributed by atoms with E-state index in [2.05, 4.69) is 5.48 Å². The highest BCUT2D eigenvalue weighted by Crippen LogP contribution is 2.48. The third kappa shape index (κ3) is 3.81. The number of hydrogen-bond donors (Lipinski definition) is 1. The van der Waals surface area contributed by atoms with E-state index in [0.717, 1.165) is 0 Å². The van der Waals surface area contributed by atoms with Crippen molar-refractivity contribution in [3.8, 4) is 0 Å². The van der Waals surface area contributed by atoms with Crippen LogP contribution in [0, 0.1) is 23.4 Å². The molecule has 0 radical (unpaired) electrons. The van der Waals surface area contributed by atoms with Crippen LogP contribution in [0.3, 0.4) is 0 Å². The molecule has 4 nitrogen and oxygen atoms in total. The van der Waals surface area contributed by atoms with Gasteiger partial charge in [0.1, 0.15) is 0 Å². The second-order valence-corrected chi connectivity index (χ2v) is 8.64. The maximum Gasteiger partial charge on any atom is 0.428 e. The third-order valence-corrected chi connectivity index (χ3v) is 5.91. The van der Waals surface area contributed by atoms with Gasteiger partial charge < -0.3 is 4.90 Å². The van der Waals surface area contributed by atoms with Crippen LogP contribution >= 0.6 is 0 Å². The zero-order chi connectivity index (χ0) is 25.1. The second kappa shape index (κ2) is 8.00. The van der Waals surface area contributed by atoms with Crippen molar-refractivity contribution in [2.45, 2.75) is 31.3 Å². The summed E-state index contributed by atoms with van der Waals surface area (Å²) < 4.78 is 97.6. The predicted molar refractivity (Wildman–Crippen MR) is 107 cm³/mol.